The second kappa shape index (κ2) is 7.63. The lowest BCUT2D eigenvalue weighted by atomic mass is 10.0. The monoisotopic (exact) mass is 262 g/mol. The number of nitrogens with one attached hydrogen (secondary N) is 1. The van der Waals surface area contributed by atoms with Gasteiger partial charge in [-0.25, -0.2) is 0 Å². The van der Waals surface area contributed by atoms with Gasteiger partial charge in [-0.15, -0.1) is 0 Å². The first kappa shape index (κ1) is 14.5. The number of benzene rings is 1. The molecule has 106 valence electrons. The lowest BCUT2D eigenvalue weighted by molar-refractivity contribution is 0.167. The SMILES string of the molecule is CN1CCCCC1CN[C@H](CO)Cc1ccccc1. The number of hydrogen-bond acceptors (Lipinski definition) is 3. The van der Waals surface area contributed by atoms with Crippen molar-refractivity contribution in [2.24, 2.45) is 0 Å². The molecule has 2 atom stereocenters. The molecular formula is C16H26N2O. The first-order valence-corrected chi connectivity index (χ1v) is 7.38. The van der Waals surface area contributed by atoms with Gasteiger partial charge in [0.15, 0.2) is 0 Å². The Morgan fingerprint density at radius 1 is 1.32 bits per heavy atom. The number of aliphatic hydroxyl groups excluding tert-OH is 1. The molecule has 1 aliphatic heterocycles. The van der Waals surface area contributed by atoms with E-state index >= 15 is 0 Å². The van der Waals surface area contributed by atoms with E-state index in [0.717, 1.165) is 13.0 Å². The number of aliphatic hydroxyl groups is 1. The fourth-order valence-electron chi connectivity index (χ4n) is 2.80. The van der Waals surface area contributed by atoms with Crippen molar-refractivity contribution in [1.29, 1.82) is 0 Å². The molecule has 0 aromatic heterocycles. The van der Waals surface area contributed by atoms with Gasteiger partial charge in [0.25, 0.3) is 0 Å². The molecule has 3 heteroatoms. The van der Waals surface area contributed by atoms with Crippen molar-refractivity contribution in [3.05, 3.63) is 35.9 Å². The summed E-state index contributed by atoms with van der Waals surface area (Å²) in [4.78, 5) is 2.44. The molecule has 1 saturated heterocycles. The zero-order chi connectivity index (χ0) is 13.5. The number of likely N-dealkylation sites (tertiary alicyclic amines) is 1. The van der Waals surface area contributed by atoms with Gasteiger partial charge in [-0.2, -0.15) is 0 Å². The van der Waals surface area contributed by atoms with E-state index in [9.17, 15) is 5.11 Å². The van der Waals surface area contributed by atoms with Crippen LogP contribution in [0.25, 0.3) is 0 Å². The lowest BCUT2D eigenvalue weighted by Gasteiger charge is -2.33. The van der Waals surface area contributed by atoms with Crippen LogP contribution in [0.15, 0.2) is 30.3 Å². The van der Waals surface area contributed by atoms with E-state index in [2.05, 4.69) is 41.5 Å². The highest BCUT2D eigenvalue weighted by Gasteiger charge is 2.19. The smallest absolute Gasteiger partial charge is 0.0587 e. The van der Waals surface area contributed by atoms with Gasteiger partial charge in [0.2, 0.25) is 0 Å². The molecule has 19 heavy (non-hydrogen) atoms. The Labute approximate surface area is 116 Å². The Bertz CT molecular complexity index is 355. The van der Waals surface area contributed by atoms with E-state index in [1.807, 2.05) is 6.07 Å². The standard InChI is InChI=1S/C16H26N2O/c1-18-10-6-5-9-16(18)12-17-15(13-19)11-14-7-3-2-4-8-14/h2-4,7-8,15-17,19H,5-6,9-13H2,1H3/t15-,16?/m0/s1. The van der Waals surface area contributed by atoms with Crippen molar-refractivity contribution in [3.63, 3.8) is 0 Å². The highest BCUT2D eigenvalue weighted by atomic mass is 16.3. The molecule has 0 amide bonds. The highest BCUT2D eigenvalue weighted by molar-refractivity contribution is 5.15. The van der Waals surface area contributed by atoms with Gasteiger partial charge >= 0.3 is 0 Å². The Kier molecular flexibility index (Phi) is 5.83. The second-order valence-electron chi connectivity index (χ2n) is 5.61. The maximum absolute atomic E-state index is 9.51. The summed E-state index contributed by atoms with van der Waals surface area (Å²) in [6, 6.07) is 11.2. The molecule has 1 heterocycles. The number of likely N-dealkylation sites (N-methyl/N-ethyl adjacent to an activating group) is 1. The summed E-state index contributed by atoms with van der Waals surface area (Å²) in [5.74, 6) is 0. The topological polar surface area (TPSA) is 35.5 Å². The molecular weight excluding hydrogens is 236 g/mol. The van der Waals surface area contributed by atoms with Crippen LogP contribution in [0.3, 0.4) is 0 Å². The van der Waals surface area contributed by atoms with Crippen molar-refractivity contribution < 1.29 is 5.11 Å². The van der Waals surface area contributed by atoms with Crippen LogP contribution in [-0.2, 0) is 6.42 Å². The Morgan fingerprint density at radius 2 is 2.11 bits per heavy atom. The fourth-order valence-corrected chi connectivity index (χ4v) is 2.80. The van der Waals surface area contributed by atoms with Crippen LogP contribution in [0.5, 0.6) is 0 Å². The minimum Gasteiger partial charge on any atom is -0.395 e. The molecule has 2 rings (SSSR count). The summed E-state index contributed by atoms with van der Waals surface area (Å²) in [7, 11) is 2.21. The maximum atomic E-state index is 9.51. The Balaban J connectivity index is 1.79. The van der Waals surface area contributed by atoms with Crippen LogP contribution in [-0.4, -0.2) is 48.8 Å². The molecule has 1 aromatic carbocycles. The van der Waals surface area contributed by atoms with Crippen molar-refractivity contribution in [2.75, 3.05) is 26.7 Å². The fraction of sp³-hybridized carbons (Fsp3) is 0.625. The quantitative estimate of drug-likeness (QED) is 0.818. The zero-order valence-corrected chi connectivity index (χ0v) is 11.9. The summed E-state index contributed by atoms with van der Waals surface area (Å²) >= 11 is 0. The second-order valence-corrected chi connectivity index (χ2v) is 5.61. The van der Waals surface area contributed by atoms with Gasteiger partial charge < -0.3 is 15.3 Å². The van der Waals surface area contributed by atoms with Crippen LogP contribution in [0.2, 0.25) is 0 Å². The van der Waals surface area contributed by atoms with Crippen LogP contribution < -0.4 is 5.32 Å². The molecule has 0 bridgehead atoms. The van der Waals surface area contributed by atoms with Crippen molar-refractivity contribution in [2.45, 2.75) is 37.8 Å². The molecule has 0 spiro atoms. The molecule has 1 aliphatic rings. The van der Waals surface area contributed by atoms with Gasteiger partial charge in [-0.1, -0.05) is 36.8 Å². The van der Waals surface area contributed by atoms with Crippen LogP contribution in [0.4, 0.5) is 0 Å². The largest absolute Gasteiger partial charge is 0.395 e. The van der Waals surface area contributed by atoms with Crippen molar-refractivity contribution >= 4 is 0 Å². The first-order valence-electron chi connectivity index (χ1n) is 7.38. The molecule has 1 fully saturated rings. The van der Waals surface area contributed by atoms with Crippen LogP contribution >= 0.6 is 0 Å². The van der Waals surface area contributed by atoms with Gasteiger partial charge in [0.1, 0.15) is 0 Å². The average molecular weight is 262 g/mol. The van der Waals surface area contributed by atoms with Gasteiger partial charge in [0, 0.05) is 18.6 Å². The van der Waals surface area contributed by atoms with Gasteiger partial charge in [-0.3, -0.25) is 0 Å². The predicted molar refractivity (Wildman–Crippen MR) is 79.3 cm³/mol. The normalized spacial score (nSPS) is 22.3. The van der Waals surface area contributed by atoms with E-state index in [1.54, 1.807) is 0 Å². The third-order valence-corrected chi connectivity index (χ3v) is 4.11. The van der Waals surface area contributed by atoms with E-state index in [1.165, 1.54) is 31.4 Å². The van der Waals surface area contributed by atoms with Crippen molar-refractivity contribution in [1.82, 2.24) is 10.2 Å². The predicted octanol–water partition coefficient (Wildman–Crippen LogP) is 1.66. The van der Waals surface area contributed by atoms with Crippen LogP contribution in [0.1, 0.15) is 24.8 Å². The summed E-state index contributed by atoms with van der Waals surface area (Å²) in [5, 5.41) is 13.0. The molecule has 0 aliphatic carbocycles. The van der Waals surface area contributed by atoms with E-state index < -0.39 is 0 Å². The van der Waals surface area contributed by atoms with Crippen molar-refractivity contribution in [3.8, 4) is 0 Å². The molecule has 1 unspecified atom stereocenters. The molecule has 3 nitrogen and oxygen atoms in total. The van der Waals surface area contributed by atoms with E-state index in [4.69, 9.17) is 0 Å². The molecule has 1 aromatic rings. The minimum atomic E-state index is 0.165. The Morgan fingerprint density at radius 3 is 2.79 bits per heavy atom. The number of rotatable bonds is 6. The Hall–Kier alpha value is -0.900. The lowest BCUT2D eigenvalue weighted by Crippen LogP contribution is -2.47. The zero-order valence-electron chi connectivity index (χ0n) is 11.9. The summed E-state index contributed by atoms with van der Waals surface area (Å²) < 4.78 is 0. The first-order chi connectivity index (χ1) is 9.29. The van der Waals surface area contributed by atoms with Gasteiger partial charge in [-0.05, 0) is 38.4 Å². The molecule has 0 radical (unpaired) electrons. The summed E-state index contributed by atoms with van der Waals surface area (Å²) in [6.45, 7) is 2.38. The van der Waals surface area contributed by atoms with Crippen LogP contribution in [0, 0.1) is 0 Å². The molecule has 0 saturated carbocycles. The van der Waals surface area contributed by atoms with Gasteiger partial charge in [0.05, 0.1) is 6.61 Å². The third-order valence-electron chi connectivity index (χ3n) is 4.11. The molecule has 2 N–H and O–H groups in total. The maximum Gasteiger partial charge on any atom is 0.0587 e. The number of piperidine rings is 1. The number of nitrogens with zero attached hydrogens (tertiary/aromatic N) is 1. The highest BCUT2D eigenvalue weighted by Crippen LogP contribution is 2.14. The minimum absolute atomic E-state index is 0.165. The average Bonchev–Trinajstić information content (AvgIpc) is 2.46. The van der Waals surface area contributed by atoms with E-state index in [-0.39, 0.29) is 12.6 Å². The summed E-state index contributed by atoms with van der Waals surface area (Å²) in [5.41, 5.74) is 1.28. The summed E-state index contributed by atoms with van der Waals surface area (Å²) in [6.07, 6.45) is 4.82. The van der Waals surface area contributed by atoms with E-state index in [0.29, 0.717) is 6.04 Å². The third kappa shape index (κ3) is 4.60. The number of hydrogen-bond donors (Lipinski definition) is 2.